The molecular formula is C32H35ClN6O2. The van der Waals surface area contributed by atoms with Gasteiger partial charge in [-0.15, -0.1) is 5.10 Å². The van der Waals surface area contributed by atoms with E-state index in [9.17, 15) is 4.79 Å². The van der Waals surface area contributed by atoms with Gasteiger partial charge >= 0.3 is 5.76 Å². The highest BCUT2D eigenvalue weighted by Crippen LogP contribution is 2.50. The molecule has 0 amide bonds. The Morgan fingerprint density at radius 1 is 1.17 bits per heavy atom. The standard InChI is InChI=1S/C32H35ClN6O2/c1-4-22(18-24(33)5-2)25-26-27(35-28(34-25)29-37-38-31(40)41-29)36-30(39(26)19-21-14-12-20(3)13-15-21)32(16-9-17-32)23-10-7-6-8-11-23/h4-8,10-11,18,20-21H,1,9,12-17,19H2,2-3H3,(H,38,40)/b22-18+,24-5+/t20-,21-. The van der Waals surface area contributed by atoms with E-state index in [0.29, 0.717) is 22.3 Å². The number of nitrogens with zero attached hydrogens (tertiary/aromatic N) is 5. The second-order valence-electron chi connectivity index (χ2n) is 11.4. The molecule has 1 aromatic carbocycles. The van der Waals surface area contributed by atoms with E-state index in [1.165, 1.54) is 31.2 Å². The second kappa shape index (κ2) is 11.2. The van der Waals surface area contributed by atoms with Crippen LogP contribution in [0, 0.1) is 11.8 Å². The summed E-state index contributed by atoms with van der Waals surface area (Å²) in [5.74, 6) is 1.83. The minimum absolute atomic E-state index is 0.0116. The fourth-order valence-electron chi connectivity index (χ4n) is 6.36. The van der Waals surface area contributed by atoms with Gasteiger partial charge in [0.1, 0.15) is 17.0 Å². The topological polar surface area (TPSA) is 102 Å². The van der Waals surface area contributed by atoms with E-state index < -0.39 is 5.76 Å². The first kappa shape index (κ1) is 27.4. The van der Waals surface area contributed by atoms with Crippen molar-refractivity contribution in [2.24, 2.45) is 11.8 Å². The summed E-state index contributed by atoms with van der Waals surface area (Å²) >= 11 is 6.49. The highest BCUT2D eigenvalue weighted by molar-refractivity contribution is 6.31. The molecule has 0 aliphatic heterocycles. The smallest absolute Gasteiger partial charge is 0.384 e. The number of hydrogen-bond acceptors (Lipinski definition) is 6. The van der Waals surface area contributed by atoms with E-state index in [1.54, 1.807) is 6.08 Å². The molecule has 1 N–H and O–H groups in total. The summed E-state index contributed by atoms with van der Waals surface area (Å²) in [6, 6.07) is 10.7. The van der Waals surface area contributed by atoms with Gasteiger partial charge < -0.3 is 8.98 Å². The van der Waals surface area contributed by atoms with E-state index in [4.69, 9.17) is 31.0 Å². The van der Waals surface area contributed by atoms with Crippen LogP contribution < -0.4 is 5.76 Å². The molecule has 0 unspecified atom stereocenters. The monoisotopic (exact) mass is 570 g/mol. The van der Waals surface area contributed by atoms with Gasteiger partial charge in [0.25, 0.3) is 5.89 Å². The first-order chi connectivity index (χ1) is 19.9. The van der Waals surface area contributed by atoms with E-state index in [0.717, 1.165) is 48.6 Å². The molecule has 4 aromatic rings. The lowest BCUT2D eigenvalue weighted by Crippen LogP contribution is -2.39. The zero-order valence-electron chi connectivity index (χ0n) is 23.6. The summed E-state index contributed by atoms with van der Waals surface area (Å²) < 4.78 is 7.64. The van der Waals surface area contributed by atoms with Crippen LogP contribution in [0.25, 0.3) is 28.5 Å². The van der Waals surface area contributed by atoms with Crippen molar-refractivity contribution in [3.8, 4) is 11.7 Å². The third-order valence-electron chi connectivity index (χ3n) is 8.83. The Balaban J connectivity index is 1.64. The largest absolute Gasteiger partial charge is 0.434 e. The number of imidazole rings is 1. The van der Waals surface area contributed by atoms with Crippen LogP contribution in [0.2, 0.25) is 0 Å². The molecule has 0 atom stereocenters. The summed E-state index contributed by atoms with van der Waals surface area (Å²) in [5, 5.41) is 6.88. The number of H-pyrrole nitrogens is 1. The number of aromatic nitrogens is 6. The molecule has 6 rings (SSSR count). The number of allylic oxidation sites excluding steroid dienone is 5. The quantitative estimate of drug-likeness (QED) is 0.225. The van der Waals surface area contributed by atoms with Crippen LogP contribution in [0.3, 0.4) is 0 Å². The Labute approximate surface area is 244 Å². The Kier molecular flexibility index (Phi) is 7.51. The molecule has 9 heteroatoms. The lowest BCUT2D eigenvalue weighted by Gasteiger charge is -2.42. The van der Waals surface area contributed by atoms with Gasteiger partial charge in [-0.3, -0.25) is 0 Å². The van der Waals surface area contributed by atoms with Gasteiger partial charge in [-0.2, -0.15) is 0 Å². The fraction of sp³-hybridized carbons (Fsp3) is 0.406. The van der Waals surface area contributed by atoms with Crippen LogP contribution in [0.15, 0.2) is 69.4 Å². The van der Waals surface area contributed by atoms with Crippen molar-refractivity contribution in [2.75, 3.05) is 0 Å². The van der Waals surface area contributed by atoms with Gasteiger partial charge in [0.15, 0.2) is 5.65 Å². The lowest BCUT2D eigenvalue weighted by atomic mass is 9.63. The van der Waals surface area contributed by atoms with Crippen molar-refractivity contribution in [1.29, 1.82) is 0 Å². The molecule has 0 radical (unpaired) electrons. The maximum absolute atomic E-state index is 11.8. The highest BCUT2D eigenvalue weighted by Gasteiger charge is 2.45. The summed E-state index contributed by atoms with van der Waals surface area (Å²) in [7, 11) is 0. The van der Waals surface area contributed by atoms with Crippen molar-refractivity contribution in [1.82, 2.24) is 29.7 Å². The number of halogens is 1. The third-order valence-corrected chi connectivity index (χ3v) is 9.16. The van der Waals surface area contributed by atoms with Gasteiger partial charge in [0.2, 0.25) is 5.82 Å². The minimum Gasteiger partial charge on any atom is -0.384 e. The van der Waals surface area contributed by atoms with Crippen molar-refractivity contribution in [3.63, 3.8) is 0 Å². The van der Waals surface area contributed by atoms with E-state index >= 15 is 0 Å². The SMILES string of the molecule is C=C/C(=C\C(Cl)=C/C)c1nc(-c2n[nH]c(=O)o2)nc2nc(C3(c4ccccc4)CCC3)n(C[C@H]3CC[C@H](C)CC3)c12. The van der Waals surface area contributed by atoms with E-state index in [1.807, 2.05) is 19.1 Å². The molecule has 8 nitrogen and oxygen atoms in total. The number of hydrogen-bond donors (Lipinski definition) is 1. The molecular weight excluding hydrogens is 536 g/mol. The van der Waals surface area contributed by atoms with Gasteiger partial charge in [-0.1, -0.05) is 86.8 Å². The van der Waals surface area contributed by atoms with Crippen molar-refractivity contribution in [3.05, 3.63) is 87.8 Å². The average Bonchev–Trinajstić information content (AvgIpc) is 3.56. The molecule has 2 aliphatic carbocycles. The molecule has 212 valence electrons. The molecule has 0 bridgehead atoms. The van der Waals surface area contributed by atoms with Gasteiger partial charge in [-0.25, -0.2) is 24.8 Å². The summed E-state index contributed by atoms with van der Waals surface area (Å²) in [5.41, 5.74) is 3.81. The van der Waals surface area contributed by atoms with Gasteiger partial charge in [0.05, 0.1) is 5.41 Å². The van der Waals surface area contributed by atoms with E-state index in [-0.39, 0.29) is 17.1 Å². The number of benzene rings is 1. The Bertz CT molecular complexity index is 1680. The maximum Gasteiger partial charge on any atom is 0.434 e. The Morgan fingerprint density at radius 2 is 1.93 bits per heavy atom. The van der Waals surface area contributed by atoms with Crippen LogP contribution >= 0.6 is 11.6 Å². The normalized spacial score (nSPS) is 21.1. The predicted octanol–water partition coefficient (Wildman–Crippen LogP) is 7.18. The molecule has 0 saturated heterocycles. The lowest BCUT2D eigenvalue weighted by molar-refractivity contribution is 0.242. The molecule has 2 saturated carbocycles. The highest BCUT2D eigenvalue weighted by atomic mass is 35.5. The van der Waals surface area contributed by atoms with Crippen molar-refractivity contribution in [2.45, 2.75) is 70.8 Å². The van der Waals surface area contributed by atoms with Crippen LogP contribution in [0.5, 0.6) is 0 Å². The van der Waals surface area contributed by atoms with Gasteiger partial charge in [-0.05, 0) is 56.1 Å². The summed E-state index contributed by atoms with van der Waals surface area (Å²) in [4.78, 5) is 26.8. The van der Waals surface area contributed by atoms with Crippen LogP contribution in [-0.4, -0.2) is 29.7 Å². The number of aromatic amines is 1. The number of nitrogens with one attached hydrogen (secondary N) is 1. The van der Waals surface area contributed by atoms with Crippen LogP contribution in [0.1, 0.15) is 75.9 Å². The summed E-state index contributed by atoms with van der Waals surface area (Å²) in [6.07, 6.45) is 13.4. The Morgan fingerprint density at radius 3 is 2.54 bits per heavy atom. The molecule has 3 aromatic heterocycles. The number of fused-ring (bicyclic) bond motifs is 1. The summed E-state index contributed by atoms with van der Waals surface area (Å²) in [6.45, 7) is 9.15. The first-order valence-corrected chi connectivity index (χ1v) is 14.9. The van der Waals surface area contributed by atoms with Gasteiger partial charge in [0, 0.05) is 17.2 Å². The Hall–Kier alpha value is -3.78. The van der Waals surface area contributed by atoms with Crippen molar-refractivity contribution < 1.29 is 4.42 Å². The van der Waals surface area contributed by atoms with Crippen LogP contribution in [-0.2, 0) is 12.0 Å². The fourth-order valence-corrected chi connectivity index (χ4v) is 6.47. The molecule has 2 fully saturated rings. The third kappa shape index (κ3) is 5.10. The molecule has 41 heavy (non-hydrogen) atoms. The zero-order chi connectivity index (χ0) is 28.6. The molecule has 3 heterocycles. The van der Waals surface area contributed by atoms with E-state index in [2.05, 4.69) is 58.6 Å². The first-order valence-electron chi connectivity index (χ1n) is 14.5. The zero-order valence-corrected chi connectivity index (χ0v) is 24.3. The predicted molar refractivity (Wildman–Crippen MR) is 161 cm³/mol. The molecule has 2 aliphatic rings. The maximum atomic E-state index is 11.8. The average molecular weight is 571 g/mol. The van der Waals surface area contributed by atoms with Crippen molar-refractivity contribution >= 4 is 28.3 Å². The minimum atomic E-state index is -0.670. The number of rotatable bonds is 8. The molecule has 0 spiro atoms. The second-order valence-corrected chi connectivity index (χ2v) is 11.9. The van der Waals surface area contributed by atoms with Crippen LogP contribution in [0.4, 0.5) is 0 Å².